The van der Waals surface area contributed by atoms with E-state index in [-0.39, 0.29) is 19.4 Å². The smallest absolute Gasteiger partial charge is 0.306 e. The SMILES string of the molecule is CCOC(=O)C[C@H]1CCCC1(F)F. The van der Waals surface area contributed by atoms with Crippen LogP contribution in [0.3, 0.4) is 0 Å². The number of carbonyl (C=O) groups excluding carboxylic acids is 1. The van der Waals surface area contributed by atoms with Crippen molar-refractivity contribution in [2.24, 2.45) is 5.92 Å². The lowest BCUT2D eigenvalue weighted by molar-refractivity contribution is -0.147. The van der Waals surface area contributed by atoms with Crippen LogP contribution in [0.4, 0.5) is 8.78 Å². The molecule has 1 atom stereocenters. The van der Waals surface area contributed by atoms with E-state index in [1.807, 2.05) is 0 Å². The number of hydrogen-bond acceptors (Lipinski definition) is 2. The molecule has 1 saturated carbocycles. The highest BCUT2D eigenvalue weighted by Gasteiger charge is 2.44. The lowest BCUT2D eigenvalue weighted by Crippen LogP contribution is -2.24. The Bertz CT molecular complexity index is 192. The van der Waals surface area contributed by atoms with Crippen molar-refractivity contribution in [3.63, 3.8) is 0 Å². The summed E-state index contributed by atoms with van der Waals surface area (Å²) < 4.78 is 30.6. The Labute approximate surface area is 76.3 Å². The van der Waals surface area contributed by atoms with Crippen molar-refractivity contribution in [3.05, 3.63) is 0 Å². The Morgan fingerprint density at radius 1 is 1.62 bits per heavy atom. The molecular formula is C9H14F2O2. The summed E-state index contributed by atoms with van der Waals surface area (Å²) in [6, 6.07) is 0. The van der Waals surface area contributed by atoms with Gasteiger partial charge in [-0.1, -0.05) is 0 Å². The van der Waals surface area contributed by atoms with Gasteiger partial charge in [0.25, 0.3) is 5.92 Å². The average Bonchev–Trinajstić information content (AvgIpc) is 2.31. The zero-order chi connectivity index (χ0) is 9.90. The van der Waals surface area contributed by atoms with Gasteiger partial charge in [-0.15, -0.1) is 0 Å². The van der Waals surface area contributed by atoms with Gasteiger partial charge in [0.2, 0.25) is 0 Å². The molecule has 0 spiro atoms. The van der Waals surface area contributed by atoms with Crippen LogP contribution in [0.15, 0.2) is 0 Å². The molecule has 2 nitrogen and oxygen atoms in total. The first-order valence-electron chi connectivity index (χ1n) is 4.59. The van der Waals surface area contributed by atoms with Crippen molar-refractivity contribution in [2.45, 2.75) is 38.5 Å². The third-order valence-electron chi connectivity index (χ3n) is 2.38. The maximum absolute atomic E-state index is 13.0. The second-order valence-electron chi connectivity index (χ2n) is 3.36. The number of hydrogen-bond donors (Lipinski definition) is 0. The summed E-state index contributed by atoms with van der Waals surface area (Å²) in [6.07, 6.45) is 0.723. The summed E-state index contributed by atoms with van der Waals surface area (Å²) in [4.78, 5) is 10.9. The zero-order valence-electron chi connectivity index (χ0n) is 7.69. The minimum absolute atomic E-state index is 0.0862. The molecule has 0 unspecified atom stereocenters. The molecular weight excluding hydrogens is 178 g/mol. The van der Waals surface area contributed by atoms with Crippen LogP contribution in [0.25, 0.3) is 0 Å². The molecule has 0 heterocycles. The Kier molecular flexibility index (Phi) is 3.22. The lowest BCUT2D eigenvalue weighted by atomic mass is 10.0. The molecule has 13 heavy (non-hydrogen) atoms. The third kappa shape index (κ3) is 2.64. The Balaban J connectivity index is 2.40. The van der Waals surface area contributed by atoms with Gasteiger partial charge in [-0.05, 0) is 19.8 Å². The Morgan fingerprint density at radius 3 is 2.77 bits per heavy atom. The predicted octanol–water partition coefficient (Wildman–Crippen LogP) is 2.38. The van der Waals surface area contributed by atoms with Crippen LogP contribution in [0, 0.1) is 5.92 Å². The molecule has 1 fully saturated rings. The van der Waals surface area contributed by atoms with E-state index >= 15 is 0 Å². The standard InChI is InChI=1S/C9H14F2O2/c1-2-13-8(12)6-7-4-3-5-9(7,10)11/h7H,2-6H2,1H3/t7-/m1/s1. The lowest BCUT2D eigenvalue weighted by Gasteiger charge is -2.17. The van der Waals surface area contributed by atoms with Gasteiger partial charge < -0.3 is 4.74 Å². The van der Waals surface area contributed by atoms with Crippen LogP contribution in [0.1, 0.15) is 32.6 Å². The van der Waals surface area contributed by atoms with Crippen LogP contribution < -0.4 is 0 Å². The monoisotopic (exact) mass is 192 g/mol. The largest absolute Gasteiger partial charge is 0.466 e. The van der Waals surface area contributed by atoms with Crippen LogP contribution >= 0.6 is 0 Å². The number of rotatable bonds is 3. The summed E-state index contributed by atoms with van der Waals surface area (Å²) in [5.74, 6) is -3.96. The van der Waals surface area contributed by atoms with E-state index in [0.717, 1.165) is 0 Å². The summed E-state index contributed by atoms with van der Waals surface area (Å²) in [6.45, 7) is 1.93. The van der Waals surface area contributed by atoms with Crippen LogP contribution in [0.2, 0.25) is 0 Å². The van der Waals surface area contributed by atoms with Crippen LogP contribution in [-0.4, -0.2) is 18.5 Å². The highest BCUT2D eigenvalue weighted by Crippen LogP contribution is 2.42. The Morgan fingerprint density at radius 2 is 2.31 bits per heavy atom. The summed E-state index contributed by atoms with van der Waals surface area (Å²) >= 11 is 0. The number of esters is 1. The number of halogens is 2. The normalized spacial score (nSPS) is 25.9. The highest BCUT2D eigenvalue weighted by atomic mass is 19.3. The third-order valence-corrected chi connectivity index (χ3v) is 2.38. The van der Waals surface area contributed by atoms with Gasteiger partial charge in [-0.2, -0.15) is 0 Å². The highest BCUT2D eigenvalue weighted by molar-refractivity contribution is 5.69. The van der Waals surface area contributed by atoms with Gasteiger partial charge in [0.1, 0.15) is 0 Å². The van der Waals surface area contributed by atoms with E-state index in [4.69, 9.17) is 0 Å². The van der Waals surface area contributed by atoms with E-state index < -0.39 is 17.8 Å². The molecule has 0 radical (unpaired) electrons. The van der Waals surface area contributed by atoms with Gasteiger partial charge in [-0.25, -0.2) is 8.78 Å². The van der Waals surface area contributed by atoms with Crippen LogP contribution in [-0.2, 0) is 9.53 Å². The molecule has 1 aliphatic rings. The van der Waals surface area contributed by atoms with Gasteiger partial charge in [0.05, 0.1) is 13.0 Å². The second-order valence-corrected chi connectivity index (χ2v) is 3.36. The van der Waals surface area contributed by atoms with Crippen molar-refractivity contribution in [1.29, 1.82) is 0 Å². The molecule has 76 valence electrons. The molecule has 4 heteroatoms. The van der Waals surface area contributed by atoms with E-state index in [0.29, 0.717) is 12.8 Å². The first-order chi connectivity index (χ1) is 6.06. The van der Waals surface area contributed by atoms with E-state index in [9.17, 15) is 13.6 Å². The molecule has 0 amide bonds. The van der Waals surface area contributed by atoms with Crippen molar-refractivity contribution >= 4 is 5.97 Å². The first kappa shape index (κ1) is 10.4. The molecule has 0 N–H and O–H groups in total. The van der Waals surface area contributed by atoms with Gasteiger partial charge in [-0.3, -0.25) is 4.79 Å². The topological polar surface area (TPSA) is 26.3 Å². The quantitative estimate of drug-likeness (QED) is 0.642. The van der Waals surface area contributed by atoms with Gasteiger partial charge >= 0.3 is 5.97 Å². The first-order valence-corrected chi connectivity index (χ1v) is 4.59. The maximum Gasteiger partial charge on any atom is 0.306 e. The Hall–Kier alpha value is -0.670. The molecule has 1 aliphatic carbocycles. The fourth-order valence-electron chi connectivity index (χ4n) is 1.67. The fraction of sp³-hybridized carbons (Fsp3) is 0.889. The van der Waals surface area contributed by atoms with Gasteiger partial charge in [0.15, 0.2) is 0 Å². The summed E-state index contributed by atoms with van der Waals surface area (Å²) in [7, 11) is 0. The number of carbonyl (C=O) groups is 1. The maximum atomic E-state index is 13.0. The van der Waals surface area contributed by atoms with Crippen molar-refractivity contribution in [2.75, 3.05) is 6.61 Å². The van der Waals surface area contributed by atoms with E-state index in [1.54, 1.807) is 6.92 Å². The average molecular weight is 192 g/mol. The molecule has 0 bridgehead atoms. The molecule has 1 rings (SSSR count). The second kappa shape index (κ2) is 4.03. The van der Waals surface area contributed by atoms with E-state index in [2.05, 4.69) is 4.74 Å². The summed E-state index contributed by atoms with van der Waals surface area (Å²) in [5, 5.41) is 0. The van der Waals surface area contributed by atoms with Gasteiger partial charge in [0, 0.05) is 12.3 Å². The number of ether oxygens (including phenoxy) is 1. The zero-order valence-corrected chi connectivity index (χ0v) is 7.69. The summed E-state index contributed by atoms with van der Waals surface area (Å²) in [5.41, 5.74) is 0. The minimum Gasteiger partial charge on any atom is -0.466 e. The molecule has 0 aromatic rings. The molecule has 0 aromatic heterocycles. The fourth-order valence-corrected chi connectivity index (χ4v) is 1.67. The van der Waals surface area contributed by atoms with E-state index in [1.165, 1.54) is 0 Å². The predicted molar refractivity (Wildman–Crippen MR) is 43.5 cm³/mol. The van der Waals surface area contributed by atoms with Crippen molar-refractivity contribution < 1.29 is 18.3 Å². The van der Waals surface area contributed by atoms with Crippen molar-refractivity contribution in [1.82, 2.24) is 0 Å². The molecule has 0 aliphatic heterocycles. The van der Waals surface area contributed by atoms with Crippen LogP contribution in [0.5, 0.6) is 0 Å². The minimum atomic E-state index is -2.66. The molecule has 0 saturated heterocycles. The van der Waals surface area contributed by atoms with Crippen molar-refractivity contribution in [3.8, 4) is 0 Å². The number of alkyl halides is 2. The molecule has 0 aromatic carbocycles.